The van der Waals surface area contributed by atoms with Crippen LogP contribution in [-0.2, 0) is 0 Å². The van der Waals surface area contributed by atoms with Gasteiger partial charge in [0.05, 0.1) is 44.2 Å². The van der Waals surface area contributed by atoms with Gasteiger partial charge in [-0.1, -0.05) is 121 Å². The summed E-state index contributed by atoms with van der Waals surface area (Å²) >= 11 is 0. The van der Waals surface area contributed by atoms with Crippen molar-refractivity contribution >= 4 is 87.4 Å². The molecule has 0 bridgehead atoms. The first kappa shape index (κ1) is 31.2. The molecule has 13 rings (SSSR count). The molecule has 0 aliphatic heterocycles. The van der Waals surface area contributed by atoms with Gasteiger partial charge in [0, 0.05) is 60.7 Å². The standard InChI is InChI=1S/C54H31N3O/c1-2-14-34(15-3-1)37-29-31-52-53(43-20-8-13-25-51(43)58-52)54(37)57-48-24-12-6-18-40(48)42-28-26-36(33-50(42)57)56-47-23-11-7-19-41(47)44-32-35(27-30-49(44)56)55-45-21-9-4-16-38(45)39-17-5-10-22-46(39)55/h1-5,7-11,13-33H. The largest absolute Gasteiger partial charge is 0.456 e. The van der Waals surface area contributed by atoms with E-state index in [4.69, 9.17) is 4.42 Å². The van der Waals surface area contributed by atoms with Gasteiger partial charge in [0.15, 0.2) is 0 Å². The molecule has 4 heteroatoms. The minimum atomic E-state index is 0.856. The van der Waals surface area contributed by atoms with E-state index in [9.17, 15) is 0 Å². The monoisotopic (exact) mass is 737 g/mol. The number of benzene rings is 8. The molecule has 0 amide bonds. The van der Waals surface area contributed by atoms with Crippen LogP contribution in [-0.4, -0.2) is 13.7 Å². The van der Waals surface area contributed by atoms with Crippen molar-refractivity contribution in [1.82, 2.24) is 13.7 Å². The van der Waals surface area contributed by atoms with E-state index in [2.05, 4.69) is 208 Å². The van der Waals surface area contributed by atoms with Crippen LogP contribution in [0.2, 0.25) is 0 Å². The molecule has 13 aromatic rings. The summed E-state index contributed by atoms with van der Waals surface area (Å²) in [6, 6.07) is 74.1. The molecule has 9 aromatic carbocycles. The number of para-hydroxylation sites is 4. The number of nitrogens with zero attached hydrogens (tertiary/aromatic N) is 3. The maximum Gasteiger partial charge on any atom is 0.137 e. The molecule has 4 aromatic heterocycles. The Morgan fingerprint density at radius 3 is 1.66 bits per heavy atom. The molecule has 0 saturated carbocycles. The van der Waals surface area contributed by atoms with E-state index in [1.54, 1.807) is 0 Å². The van der Waals surface area contributed by atoms with E-state index in [-0.39, 0.29) is 0 Å². The van der Waals surface area contributed by atoms with Crippen LogP contribution in [0.3, 0.4) is 0 Å². The van der Waals surface area contributed by atoms with Crippen molar-refractivity contribution in [3.05, 3.63) is 200 Å². The van der Waals surface area contributed by atoms with Gasteiger partial charge in [0.25, 0.3) is 0 Å². The zero-order chi connectivity index (χ0) is 37.9. The second kappa shape index (κ2) is 11.8. The van der Waals surface area contributed by atoms with Crippen LogP contribution in [0.5, 0.6) is 0 Å². The van der Waals surface area contributed by atoms with E-state index in [1.807, 2.05) is 6.07 Å². The van der Waals surface area contributed by atoms with Crippen molar-refractivity contribution < 1.29 is 4.42 Å². The molecule has 0 aliphatic carbocycles. The van der Waals surface area contributed by atoms with Crippen LogP contribution in [0, 0.1) is 12.1 Å². The lowest BCUT2D eigenvalue weighted by molar-refractivity contribution is 0.669. The highest BCUT2D eigenvalue weighted by Gasteiger charge is 2.23. The minimum absolute atomic E-state index is 0.856. The summed E-state index contributed by atoms with van der Waals surface area (Å²) < 4.78 is 13.8. The summed E-state index contributed by atoms with van der Waals surface area (Å²) in [5, 5.41) is 9.40. The van der Waals surface area contributed by atoms with E-state index >= 15 is 0 Å². The quantitative estimate of drug-likeness (QED) is 0.177. The SMILES string of the molecule is c1cc2c3ccc(-n4c5ccccc5c5cc(-n6c7ccccc7c7ccccc76)ccc54)cc3n(-c3c(-c4ccccc4)ccc4oc5ccccc5c34)c2cc#1. The zero-order valence-corrected chi connectivity index (χ0v) is 31.1. The molecule has 0 unspecified atom stereocenters. The van der Waals surface area contributed by atoms with Gasteiger partial charge in [-0.3, -0.25) is 0 Å². The van der Waals surface area contributed by atoms with Gasteiger partial charge in [-0.25, -0.2) is 0 Å². The van der Waals surface area contributed by atoms with Crippen molar-refractivity contribution in [1.29, 1.82) is 0 Å². The molecule has 0 atom stereocenters. The summed E-state index contributed by atoms with van der Waals surface area (Å²) in [6.07, 6.45) is 0. The summed E-state index contributed by atoms with van der Waals surface area (Å²) in [4.78, 5) is 0. The first-order chi connectivity index (χ1) is 28.8. The second-order valence-corrected chi connectivity index (χ2v) is 15.1. The molecule has 4 nitrogen and oxygen atoms in total. The first-order valence-corrected chi connectivity index (χ1v) is 19.7. The molecule has 0 spiro atoms. The molecular formula is C54H31N3O. The highest BCUT2D eigenvalue weighted by Crippen LogP contribution is 2.44. The Kier molecular flexibility index (Phi) is 6.33. The average Bonchev–Trinajstić information content (AvgIpc) is 4.02. The Labute approximate surface area is 332 Å². The molecular weight excluding hydrogens is 707 g/mol. The number of aromatic nitrogens is 3. The third-order valence-electron chi connectivity index (χ3n) is 12.1. The fraction of sp³-hybridized carbons (Fsp3) is 0. The Morgan fingerprint density at radius 2 is 0.914 bits per heavy atom. The van der Waals surface area contributed by atoms with Crippen LogP contribution >= 0.6 is 0 Å². The fourth-order valence-electron chi connectivity index (χ4n) is 9.68. The molecule has 0 radical (unpaired) electrons. The van der Waals surface area contributed by atoms with Crippen LogP contribution in [0.1, 0.15) is 0 Å². The van der Waals surface area contributed by atoms with Gasteiger partial charge in [-0.05, 0) is 78.4 Å². The van der Waals surface area contributed by atoms with Gasteiger partial charge < -0.3 is 18.1 Å². The molecule has 0 aliphatic rings. The molecule has 0 N–H and O–H groups in total. The normalized spacial score (nSPS) is 12.0. The van der Waals surface area contributed by atoms with E-state index in [1.165, 1.54) is 32.6 Å². The smallest absolute Gasteiger partial charge is 0.137 e. The summed E-state index contributed by atoms with van der Waals surface area (Å²) in [7, 11) is 0. The fourth-order valence-corrected chi connectivity index (χ4v) is 9.68. The average molecular weight is 738 g/mol. The number of hydrogen-bond acceptors (Lipinski definition) is 1. The van der Waals surface area contributed by atoms with Crippen molar-refractivity contribution in [2.75, 3.05) is 0 Å². The summed E-state index contributed by atoms with van der Waals surface area (Å²) in [5.74, 6) is 0. The lowest BCUT2D eigenvalue weighted by atomic mass is 9.99. The molecule has 268 valence electrons. The van der Waals surface area contributed by atoms with Gasteiger partial charge in [0.2, 0.25) is 0 Å². The van der Waals surface area contributed by atoms with Crippen LogP contribution in [0.15, 0.2) is 192 Å². The number of rotatable bonds is 4. The van der Waals surface area contributed by atoms with Crippen molar-refractivity contribution in [2.45, 2.75) is 0 Å². The van der Waals surface area contributed by atoms with Gasteiger partial charge >= 0.3 is 0 Å². The molecule has 58 heavy (non-hydrogen) atoms. The van der Waals surface area contributed by atoms with E-state index in [0.717, 1.165) is 83.0 Å². The summed E-state index contributed by atoms with van der Waals surface area (Å²) in [6.45, 7) is 0. The van der Waals surface area contributed by atoms with Gasteiger partial charge in [-0.15, -0.1) is 0 Å². The molecule has 0 saturated heterocycles. The van der Waals surface area contributed by atoms with Crippen LogP contribution in [0.4, 0.5) is 0 Å². The number of hydrogen-bond donors (Lipinski definition) is 0. The Bertz CT molecular complexity index is 3750. The van der Waals surface area contributed by atoms with Crippen molar-refractivity contribution in [2.24, 2.45) is 0 Å². The van der Waals surface area contributed by atoms with Crippen molar-refractivity contribution in [3.63, 3.8) is 0 Å². The zero-order valence-electron chi connectivity index (χ0n) is 31.1. The maximum absolute atomic E-state index is 6.54. The Hall–Kier alpha value is -8.00. The summed E-state index contributed by atoms with van der Waals surface area (Å²) in [5.41, 5.74) is 14.2. The first-order valence-electron chi connectivity index (χ1n) is 19.7. The van der Waals surface area contributed by atoms with Crippen molar-refractivity contribution in [3.8, 4) is 28.2 Å². The number of furan rings is 1. The third-order valence-corrected chi connectivity index (χ3v) is 12.1. The Morgan fingerprint density at radius 1 is 0.345 bits per heavy atom. The predicted molar refractivity (Wildman–Crippen MR) is 240 cm³/mol. The highest BCUT2D eigenvalue weighted by atomic mass is 16.3. The second-order valence-electron chi connectivity index (χ2n) is 15.1. The maximum atomic E-state index is 6.54. The topological polar surface area (TPSA) is 27.9 Å². The van der Waals surface area contributed by atoms with Gasteiger partial charge in [0.1, 0.15) is 11.2 Å². The molecule has 0 fully saturated rings. The van der Waals surface area contributed by atoms with Gasteiger partial charge in [-0.2, -0.15) is 0 Å². The lowest BCUT2D eigenvalue weighted by Gasteiger charge is -2.16. The predicted octanol–water partition coefficient (Wildman–Crippen LogP) is 14.1. The van der Waals surface area contributed by atoms with Crippen LogP contribution in [0.25, 0.3) is 116 Å². The lowest BCUT2D eigenvalue weighted by Crippen LogP contribution is -2.00. The Balaban J connectivity index is 1.11. The van der Waals surface area contributed by atoms with E-state index in [0.29, 0.717) is 0 Å². The number of fused-ring (bicyclic) bond motifs is 12. The highest BCUT2D eigenvalue weighted by molar-refractivity contribution is 6.17. The third kappa shape index (κ3) is 4.25. The minimum Gasteiger partial charge on any atom is -0.456 e. The van der Waals surface area contributed by atoms with Crippen LogP contribution < -0.4 is 0 Å². The van der Waals surface area contributed by atoms with E-state index < -0.39 is 0 Å². The molecule has 4 heterocycles.